The third-order valence-corrected chi connectivity index (χ3v) is 4.29. The Bertz CT molecular complexity index is 714. The number of halogens is 1. The molecule has 25 heavy (non-hydrogen) atoms. The minimum atomic E-state index is -0.0239. The highest BCUT2D eigenvalue weighted by Crippen LogP contribution is 2.14. The van der Waals surface area contributed by atoms with Crippen molar-refractivity contribution in [2.75, 3.05) is 37.2 Å². The van der Waals surface area contributed by atoms with Gasteiger partial charge >= 0.3 is 6.03 Å². The van der Waals surface area contributed by atoms with Crippen molar-refractivity contribution in [1.82, 2.24) is 9.80 Å². The highest BCUT2D eigenvalue weighted by Gasteiger charge is 2.21. The van der Waals surface area contributed by atoms with Crippen LogP contribution in [0.1, 0.15) is 11.1 Å². The predicted molar refractivity (Wildman–Crippen MR) is 105 cm³/mol. The molecule has 1 fully saturated rings. The Morgan fingerprint density at radius 1 is 1.08 bits per heavy atom. The summed E-state index contributed by atoms with van der Waals surface area (Å²) < 4.78 is 0. The van der Waals surface area contributed by atoms with E-state index in [0.717, 1.165) is 49.7 Å². The Kier molecular flexibility index (Phi) is 6.67. The highest BCUT2D eigenvalue weighted by molar-refractivity contribution is 5.89. The number of aryl methyl sites for hydroxylation is 1. The summed E-state index contributed by atoms with van der Waals surface area (Å²) in [6, 6.07) is 15.8. The normalized spacial score (nSPS) is 14.7. The number of urea groups is 1. The lowest BCUT2D eigenvalue weighted by Crippen LogP contribution is -2.49. The number of rotatable bonds is 3. The molecule has 5 nitrogen and oxygen atoms in total. The summed E-state index contributed by atoms with van der Waals surface area (Å²) >= 11 is 0. The van der Waals surface area contributed by atoms with Crippen molar-refractivity contribution in [3.63, 3.8) is 0 Å². The molecular weight excluding hydrogens is 336 g/mol. The molecule has 0 aromatic heterocycles. The van der Waals surface area contributed by atoms with Gasteiger partial charge in [-0.05, 0) is 42.3 Å². The van der Waals surface area contributed by atoms with Crippen molar-refractivity contribution in [3.8, 4) is 0 Å². The van der Waals surface area contributed by atoms with Gasteiger partial charge in [-0.15, -0.1) is 12.4 Å². The quantitative estimate of drug-likeness (QED) is 0.825. The molecule has 1 heterocycles. The van der Waals surface area contributed by atoms with E-state index in [9.17, 15) is 4.79 Å². The number of nitrogens with zero attached hydrogens (tertiary/aromatic N) is 2. The zero-order valence-corrected chi connectivity index (χ0v) is 15.3. The van der Waals surface area contributed by atoms with E-state index in [1.165, 1.54) is 5.56 Å². The van der Waals surface area contributed by atoms with E-state index in [2.05, 4.69) is 16.3 Å². The fourth-order valence-electron chi connectivity index (χ4n) is 2.98. The minimum Gasteiger partial charge on any atom is -0.399 e. The molecule has 1 aliphatic heterocycles. The monoisotopic (exact) mass is 360 g/mol. The number of anilines is 2. The van der Waals surface area contributed by atoms with Gasteiger partial charge in [-0.25, -0.2) is 4.79 Å². The van der Waals surface area contributed by atoms with Gasteiger partial charge in [-0.1, -0.05) is 24.3 Å². The maximum absolute atomic E-state index is 12.4. The molecule has 2 aromatic carbocycles. The lowest BCUT2D eigenvalue weighted by atomic mass is 10.2. The SMILES string of the molecule is Cc1cccc(NC(=O)N2CCN(Cc3cccc(N)c3)CC2)c1.Cl. The summed E-state index contributed by atoms with van der Waals surface area (Å²) in [6.45, 7) is 6.11. The number of piperazine rings is 1. The number of nitrogens with two attached hydrogens (primary N) is 1. The summed E-state index contributed by atoms with van der Waals surface area (Å²) in [5.74, 6) is 0. The number of benzene rings is 2. The molecule has 0 radical (unpaired) electrons. The number of nitrogens with one attached hydrogen (secondary N) is 1. The van der Waals surface area contributed by atoms with Crippen LogP contribution in [0.25, 0.3) is 0 Å². The number of amides is 2. The molecule has 0 spiro atoms. The highest BCUT2D eigenvalue weighted by atomic mass is 35.5. The average molecular weight is 361 g/mol. The van der Waals surface area contributed by atoms with Crippen LogP contribution in [0.15, 0.2) is 48.5 Å². The number of nitrogen functional groups attached to an aromatic ring is 1. The Hall–Kier alpha value is -2.24. The molecule has 0 aliphatic carbocycles. The Morgan fingerprint density at radius 2 is 1.80 bits per heavy atom. The second-order valence-corrected chi connectivity index (χ2v) is 6.31. The molecule has 1 aliphatic rings. The van der Waals surface area contributed by atoms with Crippen molar-refractivity contribution in [1.29, 1.82) is 0 Å². The molecule has 0 bridgehead atoms. The van der Waals surface area contributed by atoms with Gasteiger partial charge < -0.3 is 16.0 Å². The molecule has 134 valence electrons. The van der Waals surface area contributed by atoms with Crippen LogP contribution in [0.2, 0.25) is 0 Å². The topological polar surface area (TPSA) is 61.6 Å². The number of carbonyl (C=O) groups is 1. The van der Waals surface area contributed by atoms with E-state index in [1.54, 1.807) is 0 Å². The van der Waals surface area contributed by atoms with Gasteiger partial charge in [-0.3, -0.25) is 4.90 Å². The smallest absolute Gasteiger partial charge is 0.321 e. The predicted octanol–water partition coefficient (Wildman–Crippen LogP) is 3.35. The van der Waals surface area contributed by atoms with Gasteiger partial charge in [0.05, 0.1) is 0 Å². The summed E-state index contributed by atoms with van der Waals surface area (Å²) in [4.78, 5) is 16.6. The molecule has 0 atom stereocenters. The number of hydrogen-bond donors (Lipinski definition) is 2. The van der Waals surface area contributed by atoms with Crippen LogP contribution in [0.3, 0.4) is 0 Å². The van der Waals surface area contributed by atoms with Crippen molar-refractivity contribution < 1.29 is 4.79 Å². The largest absolute Gasteiger partial charge is 0.399 e. The maximum atomic E-state index is 12.4. The molecule has 3 rings (SSSR count). The summed E-state index contributed by atoms with van der Waals surface area (Å²) in [5.41, 5.74) is 9.83. The van der Waals surface area contributed by atoms with Crippen LogP contribution in [-0.2, 0) is 6.54 Å². The standard InChI is InChI=1S/C19H24N4O.ClH/c1-15-4-2-7-18(12-15)21-19(24)23-10-8-22(9-11-23)14-16-5-3-6-17(20)13-16;/h2-7,12-13H,8-11,14,20H2,1H3,(H,21,24);1H. The second kappa shape index (κ2) is 8.74. The van der Waals surface area contributed by atoms with Crippen molar-refractivity contribution in [3.05, 3.63) is 59.7 Å². The van der Waals surface area contributed by atoms with Gasteiger partial charge in [0.25, 0.3) is 0 Å². The first-order valence-corrected chi connectivity index (χ1v) is 8.29. The molecule has 2 amide bonds. The third-order valence-electron chi connectivity index (χ3n) is 4.29. The van der Waals surface area contributed by atoms with Crippen LogP contribution in [0.4, 0.5) is 16.2 Å². The van der Waals surface area contributed by atoms with Crippen LogP contribution < -0.4 is 11.1 Å². The molecule has 1 saturated heterocycles. The van der Waals surface area contributed by atoms with E-state index in [0.29, 0.717) is 0 Å². The van der Waals surface area contributed by atoms with Crippen molar-refractivity contribution in [2.24, 2.45) is 0 Å². The number of carbonyl (C=O) groups excluding carboxylic acids is 1. The lowest BCUT2D eigenvalue weighted by molar-refractivity contribution is 0.143. The lowest BCUT2D eigenvalue weighted by Gasteiger charge is -2.34. The van der Waals surface area contributed by atoms with E-state index >= 15 is 0 Å². The molecular formula is C19H25ClN4O. The van der Waals surface area contributed by atoms with Crippen LogP contribution in [-0.4, -0.2) is 42.0 Å². The minimum absolute atomic E-state index is 0. The molecule has 2 aromatic rings. The van der Waals surface area contributed by atoms with Gasteiger partial charge in [0.1, 0.15) is 0 Å². The van der Waals surface area contributed by atoms with Crippen LogP contribution in [0.5, 0.6) is 0 Å². The molecule has 6 heteroatoms. The molecule has 3 N–H and O–H groups in total. The van der Waals surface area contributed by atoms with Crippen LogP contribution in [0, 0.1) is 6.92 Å². The van der Waals surface area contributed by atoms with Crippen molar-refractivity contribution in [2.45, 2.75) is 13.5 Å². The summed E-state index contributed by atoms with van der Waals surface area (Å²) in [5, 5.41) is 2.98. The first-order valence-electron chi connectivity index (χ1n) is 8.29. The maximum Gasteiger partial charge on any atom is 0.321 e. The fraction of sp³-hybridized carbons (Fsp3) is 0.316. The zero-order chi connectivity index (χ0) is 16.9. The summed E-state index contributed by atoms with van der Waals surface area (Å²) in [7, 11) is 0. The van der Waals surface area contributed by atoms with Gasteiger partial charge in [0.15, 0.2) is 0 Å². The first-order chi connectivity index (χ1) is 11.6. The molecule has 0 saturated carbocycles. The fourth-order valence-corrected chi connectivity index (χ4v) is 2.98. The first kappa shape index (κ1) is 19.1. The van der Waals surface area contributed by atoms with Gasteiger partial charge in [0.2, 0.25) is 0 Å². The second-order valence-electron chi connectivity index (χ2n) is 6.31. The van der Waals surface area contributed by atoms with Crippen LogP contribution >= 0.6 is 12.4 Å². The average Bonchev–Trinajstić information content (AvgIpc) is 2.55. The number of hydrogen-bond acceptors (Lipinski definition) is 3. The summed E-state index contributed by atoms with van der Waals surface area (Å²) in [6.07, 6.45) is 0. The Morgan fingerprint density at radius 3 is 2.48 bits per heavy atom. The van der Waals surface area contributed by atoms with E-state index in [-0.39, 0.29) is 18.4 Å². The van der Waals surface area contributed by atoms with Crippen molar-refractivity contribution >= 4 is 29.8 Å². The van der Waals surface area contributed by atoms with E-state index in [1.807, 2.05) is 54.3 Å². The van der Waals surface area contributed by atoms with Gasteiger partial charge in [0, 0.05) is 44.1 Å². The molecule has 0 unspecified atom stereocenters. The zero-order valence-electron chi connectivity index (χ0n) is 14.4. The van der Waals surface area contributed by atoms with E-state index < -0.39 is 0 Å². The van der Waals surface area contributed by atoms with E-state index in [4.69, 9.17) is 5.73 Å². The third kappa shape index (κ3) is 5.37. The Balaban J connectivity index is 0.00000225. The van der Waals surface area contributed by atoms with Gasteiger partial charge in [-0.2, -0.15) is 0 Å². The Labute approximate surface area is 155 Å².